The van der Waals surface area contributed by atoms with E-state index in [0.717, 1.165) is 24.9 Å². The van der Waals surface area contributed by atoms with Gasteiger partial charge in [-0.2, -0.15) is 0 Å². The first kappa shape index (κ1) is 17.9. The third-order valence-corrected chi connectivity index (χ3v) is 4.86. The van der Waals surface area contributed by atoms with Crippen LogP contribution in [0.5, 0.6) is 0 Å². The fourth-order valence-electron chi connectivity index (χ4n) is 3.21. The van der Waals surface area contributed by atoms with Crippen LogP contribution in [0.4, 0.5) is 0 Å². The number of carbonyl (C=O) groups excluding carboxylic acids is 1. The molecule has 6 heteroatoms. The average Bonchev–Trinajstić information content (AvgIpc) is 2.45. The minimum absolute atomic E-state index is 0.0872. The summed E-state index contributed by atoms with van der Waals surface area (Å²) in [5.41, 5.74) is 1.71. The van der Waals surface area contributed by atoms with E-state index in [0.29, 0.717) is 30.4 Å². The number of benzene rings is 1. The second kappa shape index (κ2) is 7.45. The van der Waals surface area contributed by atoms with Crippen LogP contribution < -0.4 is 4.72 Å². The summed E-state index contributed by atoms with van der Waals surface area (Å²) in [5, 5.41) is 0. The van der Waals surface area contributed by atoms with Gasteiger partial charge in [-0.05, 0) is 42.4 Å². The maximum Gasteiger partial charge on any atom is 0.253 e. The number of hydrogen-bond acceptors (Lipinski definition) is 3. The first-order chi connectivity index (χ1) is 10.7. The molecule has 0 aliphatic carbocycles. The normalized spacial score (nSPS) is 22.1. The lowest BCUT2D eigenvalue weighted by Gasteiger charge is -2.35. The molecule has 1 aromatic carbocycles. The van der Waals surface area contributed by atoms with Crippen LogP contribution in [0.25, 0.3) is 0 Å². The van der Waals surface area contributed by atoms with Gasteiger partial charge in [0.25, 0.3) is 5.91 Å². The van der Waals surface area contributed by atoms with Crippen LogP contribution in [0.1, 0.15) is 36.2 Å². The Labute approximate surface area is 139 Å². The van der Waals surface area contributed by atoms with E-state index >= 15 is 0 Å². The first-order valence-electron chi connectivity index (χ1n) is 8.07. The quantitative estimate of drug-likeness (QED) is 0.892. The number of amides is 1. The van der Waals surface area contributed by atoms with Gasteiger partial charge in [-0.1, -0.05) is 26.0 Å². The van der Waals surface area contributed by atoms with E-state index < -0.39 is 10.0 Å². The van der Waals surface area contributed by atoms with Crippen molar-refractivity contribution < 1.29 is 13.2 Å². The second-order valence-corrected chi connectivity index (χ2v) is 8.60. The van der Waals surface area contributed by atoms with Crippen LogP contribution in [0.3, 0.4) is 0 Å². The third kappa shape index (κ3) is 5.62. The molecule has 0 radical (unpaired) electrons. The number of carbonyl (C=O) groups is 1. The SMILES string of the molecule is CC1CC(C)CN(C(=O)c2ccc(CCNS(C)(=O)=O)cc2)C1. The Morgan fingerprint density at radius 2 is 1.74 bits per heavy atom. The smallest absolute Gasteiger partial charge is 0.253 e. The van der Waals surface area contributed by atoms with Gasteiger partial charge < -0.3 is 4.90 Å². The molecule has 23 heavy (non-hydrogen) atoms. The van der Waals surface area contributed by atoms with Crippen molar-refractivity contribution in [2.45, 2.75) is 26.7 Å². The van der Waals surface area contributed by atoms with Gasteiger partial charge in [-0.3, -0.25) is 4.79 Å². The van der Waals surface area contributed by atoms with Crippen LogP contribution in [0, 0.1) is 11.8 Å². The zero-order valence-corrected chi connectivity index (χ0v) is 14.9. The molecule has 0 saturated carbocycles. The van der Waals surface area contributed by atoms with Gasteiger partial charge in [-0.15, -0.1) is 0 Å². The van der Waals surface area contributed by atoms with Crippen LogP contribution in [0.2, 0.25) is 0 Å². The van der Waals surface area contributed by atoms with Gasteiger partial charge in [0.1, 0.15) is 0 Å². The van der Waals surface area contributed by atoms with Crippen molar-refractivity contribution in [1.82, 2.24) is 9.62 Å². The summed E-state index contributed by atoms with van der Waals surface area (Å²) >= 11 is 0. The summed E-state index contributed by atoms with van der Waals surface area (Å²) in [7, 11) is -3.15. The molecule has 0 aromatic heterocycles. The van der Waals surface area contributed by atoms with Crippen LogP contribution >= 0.6 is 0 Å². The van der Waals surface area contributed by atoms with Crippen LogP contribution in [0.15, 0.2) is 24.3 Å². The van der Waals surface area contributed by atoms with Crippen molar-refractivity contribution in [3.8, 4) is 0 Å². The second-order valence-electron chi connectivity index (χ2n) is 6.77. The largest absolute Gasteiger partial charge is 0.338 e. The van der Waals surface area contributed by atoms with Crippen molar-refractivity contribution in [3.63, 3.8) is 0 Å². The summed E-state index contributed by atoms with van der Waals surface area (Å²) in [6.45, 7) is 6.39. The van der Waals surface area contributed by atoms with Gasteiger partial charge in [0.2, 0.25) is 10.0 Å². The molecule has 1 saturated heterocycles. The number of nitrogens with one attached hydrogen (secondary N) is 1. The van der Waals surface area contributed by atoms with Gasteiger partial charge in [-0.25, -0.2) is 13.1 Å². The van der Waals surface area contributed by atoms with Gasteiger partial charge >= 0.3 is 0 Å². The van der Waals surface area contributed by atoms with Crippen LogP contribution in [-0.2, 0) is 16.4 Å². The molecule has 5 nitrogen and oxygen atoms in total. The Bertz CT molecular complexity index is 630. The molecular weight excluding hydrogens is 312 g/mol. The molecule has 2 atom stereocenters. The number of nitrogens with zero attached hydrogens (tertiary/aromatic N) is 1. The predicted octanol–water partition coefficient (Wildman–Crippen LogP) is 1.90. The highest BCUT2D eigenvalue weighted by Gasteiger charge is 2.25. The molecule has 1 aliphatic rings. The van der Waals surface area contributed by atoms with E-state index in [-0.39, 0.29) is 5.91 Å². The lowest BCUT2D eigenvalue weighted by Crippen LogP contribution is -2.42. The molecule has 1 aromatic rings. The van der Waals surface area contributed by atoms with Crippen molar-refractivity contribution in [2.24, 2.45) is 11.8 Å². The summed E-state index contributed by atoms with van der Waals surface area (Å²) in [6.07, 6.45) is 2.94. The third-order valence-electron chi connectivity index (χ3n) is 4.13. The number of sulfonamides is 1. The van der Waals surface area contributed by atoms with E-state index in [1.54, 1.807) is 0 Å². The van der Waals surface area contributed by atoms with E-state index in [9.17, 15) is 13.2 Å². The van der Waals surface area contributed by atoms with Crippen LogP contribution in [-0.4, -0.2) is 45.1 Å². The maximum atomic E-state index is 12.6. The lowest BCUT2D eigenvalue weighted by atomic mass is 9.91. The zero-order chi connectivity index (χ0) is 17.0. The first-order valence-corrected chi connectivity index (χ1v) is 9.96. The Hall–Kier alpha value is -1.40. The minimum atomic E-state index is -3.15. The standard InChI is InChI=1S/C17H26N2O3S/c1-13-10-14(2)12-19(11-13)17(20)16-6-4-15(5-7-16)8-9-18-23(3,21)22/h4-7,13-14,18H,8-12H2,1-3H3. The molecule has 0 bridgehead atoms. The summed E-state index contributed by atoms with van der Waals surface area (Å²) in [5.74, 6) is 1.18. The van der Waals surface area contributed by atoms with E-state index in [4.69, 9.17) is 0 Å². The number of likely N-dealkylation sites (tertiary alicyclic amines) is 1. The molecule has 128 valence electrons. The minimum Gasteiger partial charge on any atom is -0.338 e. The Morgan fingerprint density at radius 3 is 2.26 bits per heavy atom. The fraction of sp³-hybridized carbons (Fsp3) is 0.588. The zero-order valence-electron chi connectivity index (χ0n) is 14.1. The summed E-state index contributed by atoms with van der Waals surface area (Å²) < 4.78 is 24.5. The molecule has 0 spiro atoms. The number of hydrogen-bond donors (Lipinski definition) is 1. The Morgan fingerprint density at radius 1 is 1.17 bits per heavy atom. The van der Waals surface area contributed by atoms with Gasteiger partial charge in [0.05, 0.1) is 6.26 Å². The predicted molar refractivity (Wildman–Crippen MR) is 91.8 cm³/mol. The summed E-state index contributed by atoms with van der Waals surface area (Å²) in [6, 6.07) is 7.46. The van der Waals surface area contributed by atoms with Gasteiger partial charge in [0, 0.05) is 25.2 Å². The van der Waals surface area contributed by atoms with E-state index in [1.165, 1.54) is 6.42 Å². The number of rotatable bonds is 5. The molecule has 1 heterocycles. The molecule has 1 aliphatic heterocycles. The molecule has 1 fully saturated rings. The number of piperidine rings is 1. The average molecular weight is 338 g/mol. The highest BCUT2D eigenvalue weighted by molar-refractivity contribution is 7.88. The van der Waals surface area contributed by atoms with E-state index in [1.807, 2.05) is 29.2 Å². The Kier molecular flexibility index (Phi) is 5.81. The molecule has 1 N–H and O–H groups in total. The highest BCUT2D eigenvalue weighted by atomic mass is 32.2. The van der Waals surface area contributed by atoms with Gasteiger partial charge in [0.15, 0.2) is 0 Å². The topological polar surface area (TPSA) is 66.5 Å². The van der Waals surface area contributed by atoms with Crippen molar-refractivity contribution in [3.05, 3.63) is 35.4 Å². The maximum absolute atomic E-state index is 12.6. The summed E-state index contributed by atoms with van der Waals surface area (Å²) in [4.78, 5) is 14.5. The van der Waals surface area contributed by atoms with Crippen molar-refractivity contribution in [2.75, 3.05) is 25.9 Å². The molecule has 2 rings (SSSR count). The highest BCUT2D eigenvalue weighted by Crippen LogP contribution is 2.22. The molecule has 1 amide bonds. The molecular formula is C17H26N2O3S. The monoisotopic (exact) mass is 338 g/mol. The lowest BCUT2D eigenvalue weighted by molar-refractivity contribution is 0.0623. The van der Waals surface area contributed by atoms with E-state index in [2.05, 4.69) is 18.6 Å². The fourth-order valence-corrected chi connectivity index (χ4v) is 3.68. The van der Waals surface area contributed by atoms with Crippen molar-refractivity contribution in [1.29, 1.82) is 0 Å². The molecule has 2 unspecified atom stereocenters. The Balaban J connectivity index is 1.94. The van der Waals surface area contributed by atoms with Crippen molar-refractivity contribution >= 4 is 15.9 Å².